The summed E-state index contributed by atoms with van der Waals surface area (Å²) < 4.78 is 8.56. The second-order valence-electron chi connectivity index (χ2n) is 7.70. The molecule has 1 aliphatic carbocycles. The van der Waals surface area contributed by atoms with Crippen molar-refractivity contribution in [3.05, 3.63) is 59.1 Å². The summed E-state index contributed by atoms with van der Waals surface area (Å²) in [5.41, 5.74) is 0.714. The summed E-state index contributed by atoms with van der Waals surface area (Å²) >= 11 is 0. The Morgan fingerprint density at radius 3 is 2.76 bits per heavy atom. The molecule has 2 fully saturated rings. The molecule has 0 unspecified atom stereocenters. The number of anilines is 1. The van der Waals surface area contributed by atoms with Crippen molar-refractivity contribution in [2.24, 2.45) is 18.9 Å². The summed E-state index contributed by atoms with van der Waals surface area (Å²) in [4.78, 5) is 32.3. The van der Waals surface area contributed by atoms with Crippen LogP contribution in [0.5, 0.6) is 0 Å². The molecule has 0 bridgehead atoms. The van der Waals surface area contributed by atoms with Gasteiger partial charge in [0.2, 0.25) is 5.89 Å². The van der Waals surface area contributed by atoms with Crippen LogP contribution in [0.3, 0.4) is 0 Å². The Labute approximate surface area is 164 Å². The molecule has 10 heteroatoms. The average Bonchev–Trinajstić information content (AvgIpc) is 3.16. The minimum absolute atomic E-state index is 0.177. The number of nitrogens with zero attached hydrogens (tertiary/aromatic N) is 8. The van der Waals surface area contributed by atoms with E-state index in [0.29, 0.717) is 34.8 Å². The van der Waals surface area contributed by atoms with Crippen LogP contribution in [-0.2, 0) is 13.6 Å². The SMILES string of the molecule is Cn1cnc2ncn(Cc3nc([C@@H]4[C@@H]5CN(c6ccccn6)C[C@@H]54)no3)c(=O)c21. The van der Waals surface area contributed by atoms with E-state index in [-0.39, 0.29) is 12.1 Å². The van der Waals surface area contributed by atoms with E-state index >= 15 is 0 Å². The lowest BCUT2D eigenvalue weighted by atomic mass is 10.2. The molecule has 3 atom stereocenters. The predicted molar refractivity (Wildman–Crippen MR) is 102 cm³/mol. The highest BCUT2D eigenvalue weighted by molar-refractivity contribution is 5.68. The molecule has 0 N–H and O–H groups in total. The predicted octanol–water partition coefficient (Wildman–Crippen LogP) is 0.806. The van der Waals surface area contributed by atoms with Crippen molar-refractivity contribution >= 4 is 17.0 Å². The van der Waals surface area contributed by atoms with Crippen molar-refractivity contribution in [2.45, 2.75) is 12.5 Å². The fourth-order valence-corrected chi connectivity index (χ4v) is 4.43. The van der Waals surface area contributed by atoms with E-state index in [4.69, 9.17) is 4.52 Å². The molecular formula is C19H18N8O2. The van der Waals surface area contributed by atoms with Crippen molar-refractivity contribution < 1.29 is 4.52 Å². The standard InChI is InChI=1S/C19H18N8O2/c1-25-9-21-18-16(25)19(28)27(10-22-18)8-14-23-17(24-29-14)15-11-6-26(7-12(11)15)13-4-2-3-5-20-13/h2-5,9-12,15H,6-8H2,1H3/t11-,12+,15-. The van der Waals surface area contributed by atoms with Crippen molar-refractivity contribution in [3.63, 3.8) is 0 Å². The van der Waals surface area contributed by atoms with Crippen molar-refractivity contribution in [1.82, 2.24) is 34.2 Å². The van der Waals surface area contributed by atoms with Gasteiger partial charge >= 0.3 is 0 Å². The van der Waals surface area contributed by atoms with Gasteiger partial charge in [-0.05, 0) is 24.0 Å². The van der Waals surface area contributed by atoms with Gasteiger partial charge in [0.05, 0.1) is 6.33 Å². The molecule has 2 aliphatic rings. The molecule has 4 aromatic heterocycles. The third-order valence-corrected chi connectivity index (χ3v) is 5.96. The van der Waals surface area contributed by atoms with Crippen molar-refractivity contribution in [2.75, 3.05) is 18.0 Å². The smallest absolute Gasteiger partial charge is 0.280 e. The molecule has 6 rings (SSSR count). The van der Waals surface area contributed by atoms with Gasteiger partial charge in [-0.25, -0.2) is 15.0 Å². The number of piperidine rings is 1. The number of fused-ring (bicyclic) bond motifs is 2. The first-order valence-electron chi connectivity index (χ1n) is 9.54. The highest BCUT2D eigenvalue weighted by Gasteiger charge is 2.58. The molecule has 29 heavy (non-hydrogen) atoms. The zero-order valence-electron chi connectivity index (χ0n) is 15.7. The fourth-order valence-electron chi connectivity index (χ4n) is 4.43. The fraction of sp³-hybridized carbons (Fsp3) is 0.368. The second-order valence-corrected chi connectivity index (χ2v) is 7.70. The largest absolute Gasteiger partial charge is 0.356 e. The molecule has 10 nitrogen and oxygen atoms in total. The first kappa shape index (κ1) is 16.4. The van der Waals surface area contributed by atoms with Crippen molar-refractivity contribution in [3.8, 4) is 0 Å². The van der Waals surface area contributed by atoms with E-state index in [1.807, 2.05) is 24.4 Å². The van der Waals surface area contributed by atoms with E-state index in [0.717, 1.165) is 24.7 Å². The van der Waals surface area contributed by atoms with E-state index in [2.05, 4.69) is 30.0 Å². The van der Waals surface area contributed by atoms with Crippen LogP contribution >= 0.6 is 0 Å². The lowest BCUT2D eigenvalue weighted by molar-refractivity contribution is 0.363. The minimum Gasteiger partial charge on any atom is -0.356 e. The molecule has 1 saturated carbocycles. The highest BCUT2D eigenvalue weighted by atomic mass is 16.5. The number of pyridine rings is 1. The summed E-state index contributed by atoms with van der Waals surface area (Å²) in [6.07, 6.45) is 4.87. The summed E-state index contributed by atoms with van der Waals surface area (Å²) in [5.74, 6) is 3.54. The Balaban J connectivity index is 1.18. The van der Waals surface area contributed by atoms with E-state index < -0.39 is 0 Å². The lowest BCUT2D eigenvalue weighted by Crippen LogP contribution is -2.24. The number of aryl methyl sites for hydroxylation is 1. The third kappa shape index (κ3) is 2.55. The maximum atomic E-state index is 12.7. The molecule has 1 saturated heterocycles. The molecule has 146 valence electrons. The Bertz CT molecular complexity index is 1250. The maximum Gasteiger partial charge on any atom is 0.280 e. The van der Waals surface area contributed by atoms with Gasteiger partial charge in [0.15, 0.2) is 17.0 Å². The zero-order chi connectivity index (χ0) is 19.5. The molecule has 1 aliphatic heterocycles. The van der Waals surface area contributed by atoms with Gasteiger partial charge < -0.3 is 14.0 Å². The number of rotatable bonds is 4. The van der Waals surface area contributed by atoms with Gasteiger partial charge in [-0.3, -0.25) is 9.36 Å². The first-order valence-corrected chi connectivity index (χ1v) is 9.54. The van der Waals surface area contributed by atoms with Crippen LogP contribution < -0.4 is 10.5 Å². The second kappa shape index (κ2) is 5.97. The van der Waals surface area contributed by atoms with E-state index in [9.17, 15) is 4.79 Å². The molecule has 4 aromatic rings. The summed E-state index contributed by atoms with van der Waals surface area (Å²) in [7, 11) is 1.77. The summed E-state index contributed by atoms with van der Waals surface area (Å²) in [5, 5.41) is 4.18. The lowest BCUT2D eigenvalue weighted by Gasteiger charge is -2.19. The van der Waals surface area contributed by atoms with E-state index in [1.54, 1.807) is 17.9 Å². The Kier molecular flexibility index (Phi) is 3.37. The molecular weight excluding hydrogens is 372 g/mol. The highest BCUT2D eigenvalue weighted by Crippen LogP contribution is 2.57. The quantitative estimate of drug-likeness (QED) is 0.504. The molecule has 0 aromatic carbocycles. The molecule has 5 heterocycles. The average molecular weight is 390 g/mol. The summed E-state index contributed by atoms with van der Waals surface area (Å²) in [6, 6.07) is 5.97. The van der Waals surface area contributed by atoms with Gasteiger partial charge in [0.1, 0.15) is 18.7 Å². The summed E-state index contributed by atoms with van der Waals surface area (Å²) in [6.45, 7) is 2.11. The third-order valence-electron chi connectivity index (χ3n) is 5.96. The van der Waals surface area contributed by atoms with Gasteiger partial charge in [-0.2, -0.15) is 4.98 Å². The first-order chi connectivity index (χ1) is 14.2. The Hall–Kier alpha value is -3.56. The van der Waals surface area contributed by atoms with Crippen LogP contribution in [0.1, 0.15) is 17.6 Å². The van der Waals surface area contributed by atoms with Gasteiger partial charge in [-0.1, -0.05) is 11.2 Å². The maximum absolute atomic E-state index is 12.7. The minimum atomic E-state index is -0.177. The monoisotopic (exact) mass is 390 g/mol. The Morgan fingerprint density at radius 2 is 1.97 bits per heavy atom. The van der Waals surface area contributed by atoms with Crippen LogP contribution in [0, 0.1) is 11.8 Å². The van der Waals surface area contributed by atoms with E-state index in [1.165, 1.54) is 10.9 Å². The topological polar surface area (TPSA) is 108 Å². The Morgan fingerprint density at radius 1 is 1.14 bits per heavy atom. The van der Waals surface area contributed by atoms with Crippen LogP contribution in [0.25, 0.3) is 11.2 Å². The molecule has 0 radical (unpaired) electrons. The van der Waals surface area contributed by atoms with Gasteiger partial charge in [-0.15, -0.1) is 0 Å². The van der Waals surface area contributed by atoms with Gasteiger partial charge in [0, 0.05) is 32.3 Å². The van der Waals surface area contributed by atoms with Crippen LogP contribution in [-0.4, -0.2) is 47.3 Å². The normalized spacial score (nSPS) is 22.9. The van der Waals surface area contributed by atoms with Crippen LogP contribution in [0.4, 0.5) is 5.82 Å². The number of hydrogen-bond donors (Lipinski definition) is 0. The number of imidazole rings is 1. The number of aromatic nitrogens is 7. The van der Waals surface area contributed by atoms with Crippen molar-refractivity contribution in [1.29, 1.82) is 0 Å². The van der Waals surface area contributed by atoms with Crippen LogP contribution in [0.2, 0.25) is 0 Å². The van der Waals surface area contributed by atoms with Crippen LogP contribution in [0.15, 0.2) is 46.4 Å². The zero-order valence-corrected chi connectivity index (χ0v) is 15.7. The molecule has 0 amide bonds. The molecule has 0 spiro atoms. The van der Waals surface area contributed by atoms with Gasteiger partial charge in [0.25, 0.3) is 5.56 Å². The number of hydrogen-bond acceptors (Lipinski definition) is 8.